The van der Waals surface area contributed by atoms with Crippen LogP contribution in [-0.2, 0) is 13.0 Å². The summed E-state index contributed by atoms with van der Waals surface area (Å²) < 4.78 is 5.28. The van der Waals surface area contributed by atoms with E-state index >= 15 is 0 Å². The monoisotopic (exact) mass is 292 g/mol. The number of urea groups is 1. The number of amides is 2. The van der Waals surface area contributed by atoms with Crippen molar-refractivity contribution < 1.29 is 9.21 Å². The average molecular weight is 292 g/mol. The van der Waals surface area contributed by atoms with E-state index in [2.05, 4.69) is 10.7 Å². The first-order valence-electron chi connectivity index (χ1n) is 6.70. The lowest BCUT2D eigenvalue weighted by atomic mass is 10.1. The SMILES string of the molecule is CC(CCc1ccco1)NC(=O)N(C)Cc1ccsc1. The standard InChI is InChI=1S/C15H20N2O2S/c1-12(5-6-14-4-3-8-19-14)16-15(18)17(2)10-13-7-9-20-11-13/h3-4,7-9,11-12H,5-6,10H2,1-2H3,(H,16,18). The molecule has 0 aliphatic heterocycles. The molecule has 2 rings (SSSR count). The smallest absolute Gasteiger partial charge is 0.317 e. The summed E-state index contributed by atoms with van der Waals surface area (Å²) in [5.41, 5.74) is 1.16. The highest BCUT2D eigenvalue weighted by Gasteiger charge is 2.12. The molecule has 2 amide bonds. The van der Waals surface area contributed by atoms with Crippen molar-refractivity contribution in [3.05, 3.63) is 46.5 Å². The van der Waals surface area contributed by atoms with E-state index in [-0.39, 0.29) is 12.1 Å². The molecule has 108 valence electrons. The van der Waals surface area contributed by atoms with Gasteiger partial charge in [-0.25, -0.2) is 4.79 Å². The van der Waals surface area contributed by atoms with E-state index < -0.39 is 0 Å². The highest BCUT2D eigenvalue weighted by Crippen LogP contribution is 2.09. The van der Waals surface area contributed by atoms with Crippen LogP contribution >= 0.6 is 11.3 Å². The molecule has 0 saturated carbocycles. The van der Waals surface area contributed by atoms with Gasteiger partial charge in [0.2, 0.25) is 0 Å². The Balaban J connectivity index is 1.72. The van der Waals surface area contributed by atoms with Crippen molar-refractivity contribution in [2.45, 2.75) is 32.4 Å². The van der Waals surface area contributed by atoms with Gasteiger partial charge in [-0.1, -0.05) is 0 Å². The zero-order valence-electron chi connectivity index (χ0n) is 11.8. The maximum Gasteiger partial charge on any atom is 0.317 e. The molecule has 2 heterocycles. The van der Waals surface area contributed by atoms with E-state index in [1.165, 1.54) is 0 Å². The van der Waals surface area contributed by atoms with Gasteiger partial charge in [0.15, 0.2) is 0 Å². The molecule has 0 radical (unpaired) electrons. The zero-order chi connectivity index (χ0) is 14.4. The Morgan fingerprint density at radius 2 is 2.35 bits per heavy atom. The van der Waals surface area contributed by atoms with Crippen LogP contribution in [0.25, 0.3) is 0 Å². The molecular weight excluding hydrogens is 272 g/mol. The minimum Gasteiger partial charge on any atom is -0.469 e. The molecule has 0 bridgehead atoms. The molecule has 5 heteroatoms. The van der Waals surface area contributed by atoms with E-state index in [0.717, 1.165) is 24.2 Å². The quantitative estimate of drug-likeness (QED) is 0.885. The summed E-state index contributed by atoms with van der Waals surface area (Å²) in [6, 6.07) is 5.96. The van der Waals surface area contributed by atoms with E-state index in [0.29, 0.717) is 6.54 Å². The molecule has 0 aliphatic rings. The van der Waals surface area contributed by atoms with Crippen molar-refractivity contribution in [2.24, 2.45) is 0 Å². The lowest BCUT2D eigenvalue weighted by Crippen LogP contribution is -2.41. The van der Waals surface area contributed by atoms with Gasteiger partial charge in [-0.2, -0.15) is 11.3 Å². The van der Waals surface area contributed by atoms with Crippen LogP contribution in [0.15, 0.2) is 39.6 Å². The average Bonchev–Trinajstić information content (AvgIpc) is 3.09. The Morgan fingerprint density at radius 3 is 3.00 bits per heavy atom. The Bertz CT molecular complexity index is 508. The van der Waals surface area contributed by atoms with Crippen LogP contribution in [0.5, 0.6) is 0 Å². The van der Waals surface area contributed by atoms with Crippen LogP contribution in [0, 0.1) is 0 Å². The van der Waals surface area contributed by atoms with Gasteiger partial charge < -0.3 is 14.6 Å². The second-order valence-electron chi connectivity index (χ2n) is 4.96. The topological polar surface area (TPSA) is 45.5 Å². The Kier molecular flexibility index (Phi) is 5.24. The Hall–Kier alpha value is -1.75. The number of furan rings is 1. The third-order valence-electron chi connectivity index (χ3n) is 3.12. The fourth-order valence-corrected chi connectivity index (χ4v) is 2.59. The highest BCUT2D eigenvalue weighted by atomic mass is 32.1. The maximum atomic E-state index is 12.0. The third kappa shape index (κ3) is 4.42. The van der Waals surface area contributed by atoms with E-state index in [9.17, 15) is 4.79 Å². The summed E-state index contributed by atoms with van der Waals surface area (Å²) in [6.45, 7) is 2.65. The molecule has 4 nitrogen and oxygen atoms in total. The predicted octanol–water partition coefficient (Wildman–Crippen LogP) is 3.50. The summed E-state index contributed by atoms with van der Waals surface area (Å²) in [5, 5.41) is 7.08. The maximum absolute atomic E-state index is 12.0. The number of hydrogen-bond acceptors (Lipinski definition) is 3. The number of nitrogens with zero attached hydrogens (tertiary/aromatic N) is 1. The van der Waals surface area contributed by atoms with Crippen LogP contribution in [-0.4, -0.2) is 24.0 Å². The summed E-state index contributed by atoms with van der Waals surface area (Å²) in [7, 11) is 1.81. The summed E-state index contributed by atoms with van der Waals surface area (Å²) >= 11 is 1.64. The van der Waals surface area contributed by atoms with Crippen LogP contribution in [0.2, 0.25) is 0 Å². The van der Waals surface area contributed by atoms with Crippen molar-refractivity contribution in [3.63, 3.8) is 0 Å². The second kappa shape index (κ2) is 7.14. The number of hydrogen-bond donors (Lipinski definition) is 1. The fraction of sp³-hybridized carbons (Fsp3) is 0.400. The number of carbonyl (C=O) groups excluding carboxylic acids is 1. The van der Waals surface area contributed by atoms with Crippen LogP contribution in [0.3, 0.4) is 0 Å². The van der Waals surface area contributed by atoms with E-state index in [4.69, 9.17) is 4.42 Å². The predicted molar refractivity (Wildman–Crippen MR) is 80.8 cm³/mol. The van der Waals surface area contributed by atoms with Crippen molar-refractivity contribution in [3.8, 4) is 0 Å². The molecule has 0 fully saturated rings. The fourth-order valence-electron chi connectivity index (χ4n) is 1.94. The molecule has 0 aliphatic carbocycles. The molecular formula is C15H20N2O2S. The molecule has 1 N–H and O–H groups in total. The summed E-state index contributed by atoms with van der Waals surface area (Å²) in [6.07, 6.45) is 3.38. The van der Waals surface area contributed by atoms with Crippen LogP contribution in [0.1, 0.15) is 24.7 Å². The number of carbonyl (C=O) groups is 1. The Morgan fingerprint density at radius 1 is 1.50 bits per heavy atom. The molecule has 1 unspecified atom stereocenters. The molecule has 2 aromatic heterocycles. The van der Waals surface area contributed by atoms with Gasteiger partial charge in [-0.05, 0) is 47.9 Å². The second-order valence-corrected chi connectivity index (χ2v) is 5.74. The lowest BCUT2D eigenvalue weighted by molar-refractivity contribution is 0.202. The number of aryl methyl sites for hydroxylation is 1. The first-order chi connectivity index (χ1) is 9.65. The zero-order valence-corrected chi connectivity index (χ0v) is 12.7. The molecule has 0 spiro atoms. The van der Waals surface area contributed by atoms with E-state index in [1.54, 1.807) is 22.5 Å². The molecule has 0 saturated heterocycles. The van der Waals surface area contributed by atoms with Crippen molar-refractivity contribution in [1.82, 2.24) is 10.2 Å². The van der Waals surface area contributed by atoms with Gasteiger partial charge in [0.05, 0.1) is 6.26 Å². The molecule has 1 atom stereocenters. The molecule has 20 heavy (non-hydrogen) atoms. The van der Waals surface area contributed by atoms with Crippen molar-refractivity contribution in [2.75, 3.05) is 7.05 Å². The minimum absolute atomic E-state index is 0.0388. The van der Waals surface area contributed by atoms with Crippen molar-refractivity contribution >= 4 is 17.4 Å². The number of nitrogens with one attached hydrogen (secondary N) is 1. The summed E-state index contributed by atoms with van der Waals surface area (Å²) in [5.74, 6) is 0.956. The molecule has 0 aromatic carbocycles. The number of thiophene rings is 1. The normalized spacial score (nSPS) is 12.1. The Labute approximate surface area is 123 Å². The van der Waals surface area contributed by atoms with Crippen molar-refractivity contribution in [1.29, 1.82) is 0 Å². The highest BCUT2D eigenvalue weighted by molar-refractivity contribution is 7.07. The third-order valence-corrected chi connectivity index (χ3v) is 3.85. The minimum atomic E-state index is -0.0388. The number of rotatable bonds is 6. The largest absolute Gasteiger partial charge is 0.469 e. The van der Waals surface area contributed by atoms with Gasteiger partial charge in [0.25, 0.3) is 0 Å². The summed E-state index contributed by atoms with van der Waals surface area (Å²) in [4.78, 5) is 13.7. The van der Waals surface area contributed by atoms with Crippen LogP contribution < -0.4 is 5.32 Å². The van der Waals surface area contributed by atoms with Crippen LogP contribution in [0.4, 0.5) is 4.79 Å². The lowest BCUT2D eigenvalue weighted by Gasteiger charge is -2.20. The van der Waals surface area contributed by atoms with Gasteiger partial charge in [-0.3, -0.25) is 0 Å². The first kappa shape index (κ1) is 14.7. The van der Waals surface area contributed by atoms with Gasteiger partial charge in [0.1, 0.15) is 5.76 Å². The van der Waals surface area contributed by atoms with Gasteiger partial charge >= 0.3 is 6.03 Å². The van der Waals surface area contributed by atoms with Gasteiger partial charge in [0, 0.05) is 26.1 Å². The first-order valence-corrected chi connectivity index (χ1v) is 7.64. The molecule has 2 aromatic rings. The van der Waals surface area contributed by atoms with E-state index in [1.807, 2.05) is 37.6 Å². The van der Waals surface area contributed by atoms with Gasteiger partial charge in [-0.15, -0.1) is 0 Å².